The van der Waals surface area contributed by atoms with Crippen LogP contribution in [-0.4, -0.2) is 0 Å². The van der Waals surface area contributed by atoms with E-state index in [-0.39, 0.29) is 0 Å². The van der Waals surface area contributed by atoms with E-state index < -0.39 is 0 Å². The standard InChI is InChI=1S/C17H24/c1-4-5-6-7-8-15-10-9-14(3)16-11-13(2)12-17(15)16/h9-10,12H,4-8,11H2,1-3H3. The SMILES string of the molecule is CCCCCCc1ccc(C)c2c1C=C(C)C2. The summed E-state index contributed by atoms with van der Waals surface area (Å²) in [6.45, 7) is 6.77. The summed E-state index contributed by atoms with van der Waals surface area (Å²) in [4.78, 5) is 0. The van der Waals surface area contributed by atoms with E-state index in [1.807, 2.05) is 0 Å². The molecule has 1 aliphatic rings. The summed E-state index contributed by atoms with van der Waals surface area (Å²) in [5, 5.41) is 0. The van der Waals surface area contributed by atoms with Crippen molar-refractivity contribution in [2.45, 2.75) is 59.3 Å². The highest BCUT2D eigenvalue weighted by Gasteiger charge is 2.15. The van der Waals surface area contributed by atoms with Gasteiger partial charge in [0.2, 0.25) is 0 Å². The molecule has 0 unspecified atom stereocenters. The van der Waals surface area contributed by atoms with Crippen LogP contribution in [0.5, 0.6) is 0 Å². The highest BCUT2D eigenvalue weighted by molar-refractivity contribution is 5.68. The zero-order valence-corrected chi connectivity index (χ0v) is 11.5. The third-order valence-corrected chi connectivity index (χ3v) is 3.83. The molecule has 0 heteroatoms. The Hall–Kier alpha value is -1.04. The van der Waals surface area contributed by atoms with E-state index in [9.17, 15) is 0 Å². The number of hydrogen-bond acceptors (Lipinski definition) is 0. The van der Waals surface area contributed by atoms with E-state index in [0.717, 1.165) is 0 Å². The lowest BCUT2D eigenvalue weighted by atomic mass is 9.95. The van der Waals surface area contributed by atoms with E-state index in [2.05, 4.69) is 39.0 Å². The van der Waals surface area contributed by atoms with Crippen LogP contribution >= 0.6 is 0 Å². The van der Waals surface area contributed by atoms with Crippen LogP contribution in [0.1, 0.15) is 61.8 Å². The highest BCUT2D eigenvalue weighted by Crippen LogP contribution is 2.31. The molecular weight excluding hydrogens is 204 g/mol. The molecule has 0 aliphatic heterocycles. The van der Waals surface area contributed by atoms with Crippen molar-refractivity contribution in [3.8, 4) is 0 Å². The van der Waals surface area contributed by atoms with Gasteiger partial charge in [-0.15, -0.1) is 0 Å². The minimum Gasteiger partial charge on any atom is -0.0683 e. The second kappa shape index (κ2) is 5.53. The van der Waals surface area contributed by atoms with Crippen LogP contribution in [0.3, 0.4) is 0 Å². The van der Waals surface area contributed by atoms with Gasteiger partial charge in [-0.2, -0.15) is 0 Å². The van der Waals surface area contributed by atoms with Gasteiger partial charge in [0, 0.05) is 0 Å². The first-order valence-corrected chi connectivity index (χ1v) is 7.01. The molecule has 17 heavy (non-hydrogen) atoms. The fraction of sp³-hybridized carbons (Fsp3) is 0.529. The van der Waals surface area contributed by atoms with Gasteiger partial charge in [0.25, 0.3) is 0 Å². The zero-order valence-electron chi connectivity index (χ0n) is 11.5. The monoisotopic (exact) mass is 228 g/mol. The average Bonchev–Trinajstić information content (AvgIpc) is 2.70. The van der Waals surface area contributed by atoms with Crippen LogP contribution in [0, 0.1) is 6.92 Å². The molecule has 0 N–H and O–H groups in total. The normalized spacial score (nSPS) is 13.7. The molecule has 92 valence electrons. The molecular formula is C17H24. The molecule has 1 aliphatic carbocycles. The van der Waals surface area contributed by atoms with Gasteiger partial charge < -0.3 is 0 Å². The molecule has 2 rings (SSSR count). The third-order valence-electron chi connectivity index (χ3n) is 3.83. The molecule has 0 spiro atoms. The highest BCUT2D eigenvalue weighted by atomic mass is 14.2. The molecule has 0 atom stereocenters. The molecule has 0 nitrogen and oxygen atoms in total. The lowest BCUT2D eigenvalue weighted by Gasteiger charge is -2.10. The third kappa shape index (κ3) is 2.80. The summed E-state index contributed by atoms with van der Waals surface area (Å²) in [5.74, 6) is 0. The maximum Gasteiger partial charge on any atom is -0.00579 e. The van der Waals surface area contributed by atoms with Gasteiger partial charge in [0.1, 0.15) is 0 Å². The van der Waals surface area contributed by atoms with Gasteiger partial charge in [-0.3, -0.25) is 0 Å². The Kier molecular flexibility index (Phi) is 4.04. The molecule has 1 aromatic carbocycles. The van der Waals surface area contributed by atoms with Gasteiger partial charge in [-0.25, -0.2) is 0 Å². The van der Waals surface area contributed by atoms with Gasteiger partial charge >= 0.3 is 0 Å². The average molecular weight is 228 g/mol. The first-order valence-electron chi connectivity index (χ1n) is 7.01. The van der Waals surface area contributed by atoms with Crippen LogP contribution < -0.4 is 0 Å². The van der Waals surface area contributed by atoms with Crippen LogP contribution in [0.2, 0.25) is 0 Å². The Morgan fingerprint density at radius 3 is 2.65 bits per heavy atom. The molecule has 0 heterocycles. The molecule has 0 bridgehead atoms. The number of fused-ring (bicyclic) bond motifs is 1. The molecule has 0 saturated heterocycles. The number of unbranched alkanes of at least 4 members (excludes halogenated alkanes) is 3. The maximum atomic E-state index is 2.40. The van der Waals surface area contributed by atoms with Gasteiger partial charge in [-0.05, 0) is 55.4 Å². The van der Waals surface area contributed by atoms with E-state index in [1.54, 1.807) is 16.7 Å². The van der Waals surface area contributed by atoms with Crippen molar-refractivity contribution in [3.63, 3.8) is 0 Å². The van der Waals surface area contributed by atoms with Gasteiger partial charge in [-0.1, -0.05) is 50.0 Å². The fourth-order valence-corrected chi connectivity index (χ4v) is 2.77. The van der Waals surface area contributed by atoms with Crippen LogP contribution in [0.4, 0.5) is 0 Å². The Morgan fingerprint density at radius 2 is 1.88 bits per heavy atom. The van der Waals surface area contributed by atoms with Gasteiger partial charge in [0.05, 0.1) is 0 Å². The van der Waals surface area contributed by atoms with Gasteiger partial charge in [0.15, 0.2) is 0 Å². The van der Waals surface area contributed by atoms with E-state index in [4.69, 9.17) is 0 Å². The van der Waals surface area contributed by atoms with E-state index in [0.29, 0.717) is 0 Å². The quantitative estimate of drug-likeness (QED) is 0.617. The smallest absolute Gasteiger partial charge is 0.00579 e. The summed E-state index contributed by atoms with van der Waals surface area (Å²) >= 11 is 0. The number of hydrogen-bond donors (Lipinski definition) is 0. The Balaban J connectivity index is 2.10. The van der Waals surface area contributed by atoms with Crippen LogP contribution in [0.25, 0.3) is 6.08 Å². The number of aryl methyl sites for hydroxylation is 2. The van der Waals surface area contributed by atoms with Crippen molar-refractivity contribution in [2.75, 3.05) is 0 Å². The molecule has 0 saturated carbocycles. The van der Waals surface area contributed by atoms with Crippen molar-refractivity contribution in [2.24, 2.45) is 0 Å². The summed E-state index contributed by atoms with van der Waals surface area (Å²) in [6.07, 6.45) is 10.2. The molecule has 0 amide bonds. The topological polar surface area (TPSA) is 0 Å². The van der Waals surface area contributed by atoms with Crippen LogP contribution in [-0.2, 0) is 12.8 Å². The first-order chi connectivity index (χ1) is 8.22. The van der Waals surface area contributed by atoms with E-state index >= 15 is 0 Å². The minimum absolute atomic E-state index is 1.17. The maximum absolute atomic E-state index is 2.40. The number of allylic oxidation sites excluding steroid dienone is 1. The summed E-state index contributed by atoms with van der Waals surface area (Å²) in [5.41, 5.74) is 7.67. The predicted octanol–water partition coefficient (Wildman–Crippen LogP) is 5.08. The summed E-state index contributed by atoms with van der Waals surface area (Å²) < 4.78 is 0. The van der Waals surface area contributed by atoms with Crippen molar-refractivity contribution < 1.29 is 0 Å². The van der Waals surface area contributed by atoms with Crippen molar-refractivity contribution in [3.05, 3.63) is 40.0 Å². The zero-order chi connectivity index (χ0) is 12.3. The molecule has 0 aromatic heterocycles. The Labute approximate surface area is 106 Å². The first kappa shape index (κ1) is 12.4. The van der Waals surface area contributed by atoms with Crippen molar-refractivity contribution >= 4 is 6.08 Å². The summed E-state index contributed by atoms with van der Waals surface area (Å²) in [6, 6.07) is 4.65. The lowest BCUT2D eigenvalue weighted by Crippen LogP contribution is -1.95. The predicted molar refractivity (Wildman–Crippen MR) is 76.4 cm³/mol. The molecule has 1 aromatic rings. The number of rotatable bonds is 5. The molecule has 0 fully saturated rings. The molecule has 0 radical (unpaired) electrons. The number of benzene rings is 1. The minimum atomic E-state index is 1.17. The van der Waals surface area contributed by atoms with Crippen molar-refractivity contribution in [1.29, 1.82) is 0 Å². The largest absolute Gasteiger partial charge is 0.0683 e. The van der Waals surface area contributed by atoms with E-state index in [1.165, 1.54) is 49.7 Å². The second-order valence-corrected chi connectivity index (χ2v) is 5.41. The van der Waals surface area contributed by atoms with Crippen LogP contribution in [0.15, 0.2) is 17.7 Å². The Morgan fingerprint density at radius 1 is 1.06 bits per heavy atom. The second-order valence-electron chi connectivity index (χ2n) is 5.41. The van der Waals surface area contributed by atoms with Crippen molar-refractivity contribution in [1.82, 2.24) is 0 Å². The fourth-order valence-electron chi connectivity index (χ4n) is 2.77. The summed E-state index contributed by atoms with van der Waals surface area (Å²) in [7, 11) is 0. The lowest BCUT2D eigenvalue weighted by molar-refractivity contribution is 0.666. The Bertz CT molecular complexity index is 424.